The van der Waals surface area contributed by atoms with Crippen molar-refractivity contribution in [3.63, 3.8) is 0 Å². The van der Waals surface area contributed by atoms with Crippen molar-refractivity contribution in [3.05, 3.63) is 83.8 Å². The Bertz CT molecular complexity index is 930. The van der Waals surface area contributed by atoms with Gasteiger partial charge in [-0.05, 0) is 66.2 Å². The van der Waals surface area contributed by atoms with Crippen LogP contribution < -0.4 is 15.5 Å². The lowest BCUT2D eigenvalue weighted by Gasteiger charge is -2.04. The Labute approximate surface area is 155 Å². The molecular formula is C20H17N3O4. The third-order valence-corrected chi connectivity index (χ3v) is 3.65. The van der Waals surface area contributed by atoms with Crippen LogP contribution in [0.5, 0.6) is 5.75 Å². The smallest absolute Gasteiger partial charge is 0.291 e. The Morgan fingerprint density at radius 3 is 2.37 bits per heavy atom. The number of anilines is 1. The number of furan rings is 1. The van der Waals surface area contributed by atoms with Crippen LogP contribution in [0.25, 0.3) is 0 Å². The molecule has 0 aliphatic heterocycles. The number of carbonyl (C=O) groups excluding carboxylic acids is 2. The van der Waals surface area contributed by atoms with E-state index in [4.69, 9.17) is 9.15 Å². The lowest BCUT2D eigenvalue weighted by Crippen LogP contribution is -2.17. The first kappa shape index (κ1) is 17.9. The summed E-state index contributed by atoms with van der Waals surface area (Å²) in [7, 11) is 1.59. The zero-order chi connectivity index (χ0) is 19.1. The molecule has 7 nitrogen and oxygen atoms in total. The van der Waals surface area contributed by atoms with Gasteiger partial charge in [-0.15, -0.1) is 0 Å². The average Bonchev–Trinajstić information content (AvgIpc) is 3.24. The number of rotatable bonds is 6. The van der Waals surface area contributed by atoms with Crippen molar-refractivity contribution in [2.75, 3.05) is 12.4 Å². The molecule has 2 aromatic carbocycles. The number of hydrogen-bond donors (Lipinski definition) is 2. The van der Waals surface area contributed by atoms with Crippen molar-refractivity contribution in [2.45, 2.75) is 0 Å². The molecule has 0 aliphatic rings. The maximum absolute atomic E-state index is 12.1. The lowest BCUT2D eigenvalue weighted by molar-refractivity contribution is 0.0954. The molecule has 0 unspecified atom stereocenters. The number of carbonyl (C=O) groups is 2. The molecule has 136 valence electrons. The number of nitrogens with one attached hydrogen (secondary N) is 2. The fourth-order valence-corrected chi connectivity index (χ4v) is 2.23. The van der Waals surface area contributed by atoms with Gasteiger partial charge in [0.15, 0.2) is 5.76 Å². The first-order valence-corrected chi connectivity index (χ1v) is 8.08. The molecule has 0 aliphatic carbocycles. The monoisotopic (exact) mass is 363 g/mol. The van der Waals surface area contributed by atoms with Crippen LogP contribution in [0.2, 0.25) is 0 Å². The van der Waals surface area contributed by atoms with Gasteiger partial charge in [-0.3, -0.25) is 9.59 Å². The molecule has 0 saturated heterocycles. The predicted octanol–water partition coefficient (Wildman–Crippen LogP) is 3.30. The average molecular weight is 363 g/mol. The van der Waals surface area contributed by atoms with Crippen LogP contribution in [0.1, 0.15) is 26.5 Å². The van der Waals surface area contributed by atoms with Gasteiger partial charge >= 0.3 is 0 Å². The van der Waals surface area contributed by atoms with Crippen LogP contribution >= 0.6 is 0 Å². The van der Waals surface area contributed by atoms with Crippen LogP contribution in [0.3, 0.4) is 0 Å². The van der Waals surface area contributed by atoms with Gasteiger partial charge in [0.2, 0.25) is 0 Å². The molecule has 0 fully saturated rings. The van der Waals surface area contributed by atoms with E-state index in [0.717, 1.165) is 11.3 Å². The Morgan fingerprint density at radius 2 is 1.74 bits per heavy atom. The van der Waals surface area contributed by atoms with Gasteiger partial charge < -0.3 is 14.5 Å². The molecule has 7 heteroatoms. The highest BCUT2D eigenvalue weighted by molar-refractivity contribution is 6.02. The van der Waals surface area contributed by atoms with Gasteiger partial charge in [-0.1, -0.05) is 0 Å². The summed E-state index contributed by atoms with van der Waals surface area (Å²) >= 11 is 0. The SMILES string of the molecule is COc1ccc(/C=N\NC(=O)c2ccc(NC(=O)c3ccco3)cc2)cc1. The van der Waals surface area contributed by atoms with Gasteiger partial charge in [0.05, 0.1) is 19.6 Å². The van der Waals surface area contributed by atoms with E-state index in [2.05, 4.69) is 15.8 Å². The minimum absolute atomic E-state index is 0.213. The highest BCUT2D eigenvalue weighted by Crippen LogP contribution is 2.12. The minimum atomic E-state index is -0.360. The molecule has 1 heterocycles. The zero-order valence-corrected chi connectivity index (χ0v) is 14.5. The highest BCUT2D eigenvalue weighted by Gasteiger charge is 2.09. The summed E-state index contributed by atoms with van der Waals surface area (Å²) in [6.45, 7) is 0. The fourth-order valence-electron chi connectivity index (χ4n) is 2.23. The van der Waals surface area contributed by atoms with Crippen molar-refractivity contribution in [1.82, 2.24) is 5.43 Å². The van der Waals surface area contributed by atoms with E-state index in [0.29, 0.717) is 11.3 Å². The molecule has 27 heavy (non-hydrogen) atoms. The van der Waals surface area contributed by atoms with Crippen LogP contribution in [0.4, 0.5) is 5.69 Å². The second-order valence-electron chi connectivity index (χ2n) is 5.48. The van der Waals surface area contributed by atoms with Crippen molar-refractivity contribution < 1.29 is 18.7 Å². The molecule has 3 rings (SSSR count). The number of benzene rings is 2. The van der Waals surface area contributed by atoms with Gasteiger partial charge in [0.25, 0.3) is 11.8 Å². The number of hydrazone groups is 1. The van der Waals surface area contributed by atoms with E-state index < -0.39 is 0 Å². The van der Waals surface area contributed by atoms with Crippen molar-refractivity contribution >= 4 is 23.7 Å². The van der Waals surface area contributed by atoms with Crippen molar-refractivity contribution in [1.29, 1.82) is 0 Å². The van der Waals surface area contributed by atoms with Gasteiger partial charge in [0.1, 0.15) is 5.75 Å². The van der Waals surface area contributed by atoms with Gasteiger partial charge in [0, 0.05) is 11.3 Å². The summed E-state index contributed by atoms with van der Waals surface area (Å²) in [4.78, 5) is 24.0. The maximum atomic E-state index is 12.1. The van der Waals surface area contributed by atoms with Gasteiger partial charge in [-0.25, -0.2) is 5.43 Å². The lowest BCUT2D eigenvalue weighted by atomic mass is 10.2. The highest BCUT2D eigenvalue weighted by atomic mass is 16.5. The third-order valence-electron chi connectivity index (χ3n) is 3.65. The molecule has 0 radical (unpaired) electrons. The number of hydrogen-bond acceptors (Lipinski definition) is 5. The van der Waals surface area contributed by atoms with Crippen LogP contribution in [-0.2, 0) is 0 Å². The van der Waals surface area contributed by atoms with Crippen LogP contribution in [-0.4, -0.2) is 25.1 Å². The molecule has 0 saturated carbocycles. The van der Waals surface area contributed by atoms with Crippen molar-refractivity contribution in [3.8, 4) is 5.75 Å². The number of ether oxygens (including phenoxy) is 1. The minimum Gasteiger partial charge on any atom is -0.497 e. The first-order valence-electron chi connectivity index (χ1n) is 8.08. The van der Waals surface area contributed by atoms with Crippen LogP contribution in [0.15, 0.2) is 76.4 Å². The summed E-state index contributed by atoms with van der Waals surface area (Å²) in [5, 5.41) is 6.61. The summed E-state index contributed by atoms with van der Waals surface area (Å²) in [5.74, 6) is 0.241. The van der Waals surface area contributed by atoms with Gasteiger partial charge in [-0.2, -0.15) is 5.10 Å². The third kappa shape index (κ3) is 4.82. The first-order chi connectivity index (χ1) is 13.2. The van der Waals surface area contributed by atoms with Crippen molar-refractivity contribution in [2.24, 2.45) is 5.10 Å². The molecule has 2 amide bonds. The van der Waals surface area contributed by atoms with E-state index in [-0.39, 0.29) is 17.6 Å². The summed E-state index contributed by atoms with van der Waals surface area (Å²) in [6.07, 6.45) is 2.96. The Balaban J connectivity index is 1.55. The number of amides is 2. The Morgan fingerprint density at radius 1 is 1.00 bits per heavy atom. The van der Waals surface area contributed by atoms with E-state index >= 15 is 0 Å². The predicted molar refractivity (Wildman–Crippen MR) is 101 cm³/mol. The standard InChI is InChI=1S/C20H17N3O4/c1-26-17-10-4-14(5-11-17)13-21-23-19(24)15-6-8-16(9-7-15)22-20(25)18-3-2-12-27-18/h2-13H,1H3,(H,22,25)(H,23,24)/b21-13-. The summed E-state index contributed by atoms with van der Waals surface area (Å²) in [6, 6.07) is 16.9. The van der Waals surface area contributed by atoms with E-state index in [1.54, 1.807) is 55.6 Å². The van der Waals surface area contributed by atoms with E-state index in [9.17, 15) is 9.59 Å². The molecule has 3 aromatic rings. The summed E-state index contributed by atoms with van der Waals surface area (Å²) < 4.78 is 10.1. The molecule has 0 spiro atoms. The van der Waals surface area contributed by atoms with Crippen LogP contribution in [0, 0.1) is 0 Å². The molecule has 0 atom stereocenters. The topological polar surface area (TPSA) is 92.9 Å². The molecular weight excluding hydrogens is 346 g/mol. The van der Waals surface area contributed by atoms with E-state index in [1.165, 1.54) is 12.5 Å². The summed E-state index contributed by atoms with van der Waals surface area (Å²) in [5.41, 5.74) is 4.25. The Kier molecular flexibility index (Phi) is 5.64. The van der Waals surface area contributed by atoms with E-state index in [1.807, 2.05) is 12.1 Å². The quantitative estimate of drug-likeness (QED) is 0.519. The molecule has 0 bridgehead atoms. The second kappa shape index (κ2) is 8.48. The number of methoxy groups -OCH3 is 1. The fraction of sp³-hybridized carbons (Fsp3) is 0.0500. The number of nitrogens with zero attached hydrogens (tertiary/aromatic N) is 1. The molecule has 1 aromatic heterocycles. The normalized spacial score (nSPS) is 10.6. The molecule has 2 N–H and O–H groups in total. The Hall–Kier alpha value is -3.87. The second-order valence-corrected chi connectivity index (χ2v) is 5.48. The zero-order valence-electron chi connectivity index (χ0n) is 14.5. The maximum Gasteiger partial charge on any atom is 0.291 e. The largest absolute Gasteiger partial charge is 0.497 e.